The van der Waals surface area contributed by atoms with Crippen molar-refractivity contribution in [2.75, 3.05) is 12.3 Å². The number of imidazole rings is 1. The number of aryl methyl sites for hydroxylation is 1. The smallest absolute Gasteiger partial charge is 0.145 e. The summed E-state index contributed by atoms with van der Waals surface area (Å²) in [5, 5.41) is 2.91. The lowest BCUT2D eigenvalue weighted by Gasteiger charge is -2.05. The second-order valence-electron chi connectivity index (χ2n) is 4.70. The lowest BCUT2D eigenvalue weighted by atomic mass is 10.2. The molecule has 0 aliphatic rings. The maximum absolute atomic E-state index is 6.25. The molecule has 0 saturated carbocycles. The average Bonchev–Trinajstić information content (AvgIpc) is 2.76. The van der Waals surface area contributed by atoms with E-state index in [1.165, 1.54) is 5.69 Å². The summed E-state index contributed by atoms with van der Waals surface area (Å²) in [6.07, 6.45) is 2.06. The number of aromatic nitrogens is 2. The Hall–Kier alpha value is -1.23. The van der Waals surface area contributed by atoms with Crippen LogP contribution in [0, 0.1) is 6.92 Å². The van der Waals surface area contributed by atoms with Gasteiger partial charge >= 0.3 is 0 Å². The molecule has 104 valence electrons. The fourth-order valence-electron chi connectivity index (χ4n) is 2.41. The number of pyridine rings is 1. The van der Waals surface area contributed by atoms with E-state index in [0.29, 0.717) is 6.54 Å². The van der Waals surface area contributed by atoms with E-state index in [2.05, 4.69) is 29.7 Å². The highest BCUT2D eigenvalue weighted by Crippen LogP contribution is 2.28. The van der Waals surface area contributed by atoms with E-state index in [1.54, 1.807) is 0 Å². The predicted octanol–water partition coefficient (Wildman–Crippen LogP) is 3.64. The van der Waals surface area contributed by atoms with Gasteiger partial charge in [-0.1, -0.05) is 23.7 Å². The van der Waals surface area contributed by atoms with Crippen molar-refractivity contribution >= 4 is 39.8 Å². The molecule has 0 amide bonds. The number of halogens is 1. The molecule has 0 spiro atoms. The van der Waals surface area contributed by atoms with Crippen molar-refractivity contribution in [3.8, 4) is 0 Å². The molecule has 0 saturated heterocycles. The molecule has 2 N–H and O–H groups in total. The molecule has 0 atom stereocenters. The van der Waals surface area contributed by atoms with Crippen LogP contribution in [0.15, 0.2) is 30.5 Å². The third-order valence-corrected chi connectivity index (χ3v) is 4.73. The summed E-state index contributed by atoms with van der Waals surface area (Å²) in [6.45, 7) is 2.76. The lowest BCUT2D eigenvalue weighted by molar-refractivity contribution is 1.08. The molecule has 3 aromatic rings. The van der Waals surface area contributed by atoms with Gasteiger partial charge in [0.05, 0.1) is 11.4 Å². The zero-order valence-corrected chi connectivity index (χ0v) is 12.8. The number of fused-ring (bicyclic) bond motifs is 3. The van der Waals surface area contributed by atoms with Gasteiger partial charge < -0.3 is 10.1 Å². The minimum Gasteiger partial charge on any atom is -0.330 e. The average molecular weight is 306 g/mol. The molecule has 0 unspecified atom stereocenters. The number of benzene rings is 1. The minimum absolute atomic E-state index is 0.707. The summed E-state index contributed by atoms with van der Waals surface area (Å²) in [5.74, 6) is 1.89. The molecule has 0 aliphatic heterocycles. The standard InChI is InChI=1S/C15H16ClN3S/c1-10-14(9-20-8-6-17)19-7-5-11-12(15(19)18-10)3-2-4-13(11)16/h2-5,7H,6,8-9,17H2,1H3. The Morgan fingerprint density at radius 3 is 2.95 bits per heavy atom. The third-order valence-electron chi connectivity index (χ3n) is 3.40. The second kappa shape index (κ2) is 5.64. The van der Waals surface area contributed by atoms with Gasteiger partial charge in [-0.05, 0) is 19.1 Å². The summed E-state index contributed by atoms with van der Waals surface area (Å²) in [5.41, 5.74) is 8.84. The van der Waals surface area contributed by atoms with E-state index in [1.807, 2.05) is 23.9 Å². The molecule has 0 fully saturated rings. The highest BCUT2D eigenvalue weighted by atomic mass is 35.5. The second-order valence-corrected chi connectivity index (χ2v) is 6.21. The Morgan fingerprint density at radius 1 is 1.30 bits per heavy atom. The summed E-state index contributed by atoms with van der Waals surface area (Å²) < 4.78 is 2.16. The molecule has 0 radical (unpaired) electrons. The van der Waals surface area contributed by atoms with Crippen LogP contribution in [-0.2, 0) is 5.75 Å². The first-order valence-corrected chi connectivity index (χ1v) is 8.08. The molecular formula is C15H16ClN3S. The minimum atomic E-state index is 0.707. The van der Waals surface area contributed by atoms with E-state index >= 15 is 0 Å². The Balaban J connectivity index is 2.17. The van der Waals surface area contributed by atoms with E-state index in [-0.39, 0.29) is 0 Å². The highest BCUT2D eigenvalue weighted by Gasteiger charge is 2.12. The molecule has 2 aromatic heterocycles. The fourth-order valence-corrected chi connectivity index (χ4v) is 3.50. The molecule has 0 aliphatic carbocycles. The molecule has 2 heterocycles. The van der Waals surface area contributed by atoms with Gasteiger partial charge in [0.2, 0.25) is 0 Å². The zero-order valence-electron chi connectivity index (χ0n) is 11.3. The highest BCUT2D eigenvalue weighted by molar-refractivity contribution is 7.98. The van der Waals surface area contributed by atoms with Gasteiger partial charge in [0.15, 0.2) is 0 Å². The van der Waals surface area contributed by atoms with E-state index < -0.39 is 0 Å². The molecule has 0 bridgehead atoms. The maximum Gasteiger partial charge on any atom is 0.145 e. The van der Waals surface area contributed by atoms with Gasteiger partial charge in [-0.2, -0.15) is 11.8 Å². The van der Waals surface area contributed by atoms with Crippen LogP contribution in [0.25, 0.3) is 16.4 Å². The van der Waals surface area contributed by atoms with E-state index in [4.69, 9.17) is 22.3 Å². The van der Waals surface area contributed by atoms with Gasteiger partial charge in [-0.15, -0.1) is 0 Å². The quantitative estimate of drug-likeness (QED) is 0.748. The van der Waals surface area contributed by atoms with Crippen LogP contribution in [0.1, 0.15) is 11.4 Å². The lowest BCUT2D eigenvalue weighted by Crippen LogP contribution is -2.02. The van der Waals surface area contributed by atoms with Gasteiger partial charge in [0.25, 0.3) is 0 Å². The molecule has 1 aromatic carbocycles. The van der Waals surface area contributed by atoms with E-state index in [9.17, 15) is 0 Å². The molecule has 20 heavy (non-hydrogen) atoms. The molecular weight excluding hydrogens is 290 g/mol. The van der Waals surface area contributed by atoms with Crippen LogP contribution in [0.3, 0.4) is 0 Å². The Kier molecular flexibility index (Phi) is 3.87. The summed E-state index contributed by atoms with van der Waals surface area (Å²) in [4.78, 5) is 4.72. The van der Waals surface area contributed by atoms with Crippen molar-refractivity contribution in [1.29, 1.82) is 0 Å². The van der Waals surface area contributed by atoms with Crippen molar-refractivity contribution in [3.05, 3.63) is 46.9 Å². The zero-order chi connectivity index (χ0) is 14.1. The Morgan fingerprint density at radius 2 is 2.15 bits per heavy atom. The van der Waals surface area contributed by atoms with Crippen LogP contribution in [0.2, 0.25) is 5.02 Å². The van der Waals surface area contributed by atoms with Gasteiger partial charge in [-0.3, -0.25) is 0 Å². The topological polar surface area (TPSA) is 43.3 Å². The maximum atomic E-state index is 6.25. The van der Waals surface area contributed by atoms with E-state index in [0.717, 1.165) is 38.6 Å². The summed E-state index contributed by atoms with van der Waals surface area (Å²) >= 11 is 8.09. The summed E-state index contributed by atoms with van der Waals surface area (Å²) in [7, 11) is 0. The van der Waals surface area contributed by atoms with Crippen molar-refractivity contribution < 1.29 is 0 Å². The van der Waals surface area contributed by atoms with Crippen LogP contribution < -0.4 is 5.73 Å². The van der Waals surface area contributed by atoms with Crippen LogP contribution in [0.4, 0.5) is 0 Å². The molecule has 5 heteroatoms. The van der Waals surface area contributed by atoms with Crippen molar-refractivity contribution in [2.45, 2.75) is 12.7 Å². The first-order chi connectivity index (χ1) is 9.72. The van der Waals surface area contributed by atoms with Crippen LogP contribution in [0.5, 0.6) is 0 Å². The van der Waals surface area contributed by atoms with Crippen molar-refractivity contribution in [3.63, 3.8) is 0 Å². The monoisotopic (exact) mass is 305 g/mol. The predicted molar refractivity (Wildman–Crippen MR) is 87.7 cm³/mol. The van der Waals surface area contributed by atoms with Gasteiger partial charge in [0.1, 0.15) is 5.65 Å². The number of hydrogen-bond acceptors (Lipinski definition) is 3. The number of rotatable bonds is 4. The number of nitrogens with two attached hydrogens (primary N) is 1. The van der Waals surface area contributed by atoms with Crippen LogP contribution >= 0.6 is 23.4 Å². The Labute approximate surface area is 127 Å². The van der Waals surface area contributed by atoms with Crippen molar-refractivity contribution in [2.24, 2.45) is 5.73 Å². The first kappa shape index (κ1) is 13.7. The first-order valence-electron chi connectivity index (χ1n) is 6.55. The SMILES string of the molecule is Cc1nc2c3cccc(Cl)c3ccn2c1CSCCN. The van der Waals surface area contributed by atoms with Crippen molar-refractivity contribution in [1.82, 2.24) is 9.38 Å². The van der Waals surface area contributed by atoms with Gasteiger partial charge in [-0.25, -0.2) is 4.98 Å². The number of nitrogens with zero attached hydrogens (tertiary/aromatic N) is 2. The summed E-state index contributed by atoms with van der Waals surface area (Å²) in [6, 6.07) is 8.01. The van der Waals surface area contributed by atoms with Gasteiger partial charge in [0, 0.05) is 40.0 Å². The third kappa shape index (κ3) is 2.28. The fraction of sp³-hybridized carbons (Fsp3) is 0.267. The molecule has 3 nitrogen and oxygen atoms in total. The largest absolute Gasteiger partial charge is 0.330 e. The number of hydrogen-bond donors (Lipinski definition) is 1. The molecule has 3 rings (SSSR count). The normalized spacial score (nSPS) is 11.6. The number of thioether (sulfide) groups is 1. The van der Waals surface area contributed by atoms with Crippen LogP contribution in [-0.4, -0.2) is 21.7 Å². The Bertz CT molecular complexity index is 766.